The number of hydrogen-bond acceptors (Lipinski definition) is 4. The van der Waals surface area contributed by atoms with Crippen LogP contribution in [0.15, 0.2) is 0 Å². The van der Waals surface area contributed by atoms with Crippen LogP contribution >= 0.6 is 0 Å². The zero-order valence-corrected chi connectivity index (χ0v) is 7.48. The zero-order chi connectivity index (χ0) is 9.10. The lowest BCUT2D eigenvalue weighted by molar-refractivity contribution is 0.153. The molecule has 0 aromatic carbocycles. The van der Waals surface area contributed by atoms with Crippen molar-refractivity contribution < 1.29 is 5.11 Å². The van der Waals surface area contributed by atoms with E-state index in [0.29, 0.717) is 5.82 Å². The van der Waals surface area contributed by atoms with Crippen LogP contribution in [0.25, 0.3) is 0 Å². The second-order valence-electron chi connectivity index (χ2n) is 3.68. The van der Waals surface area contributed by atoms with Gasteiger partial charge in [-0.05, 0) is 22.8 Å². The van der Waals surface area contributed by atoms with Crippen LogP contribution in [0.2, 0.25) is 0 Å². The highest BCUT2D eigenvalue weighted by molar-refractivity contribution is 4.83. The first-order chi connectivity index (χ1) is 6.36. The van der Waals surface area contributed by atoms with Crippen molar-refractivity contribution in [1.82, 2.24) is 20.6 Å². The summed E-state index contributed by atoms with van der Waals surface area (Å²) in [7, 11) is 0. The molecule has 5 heteroatoms. The number of H-pyrrole nitrogens is 1. The average Bonchev–Trinajstić information content (AvgIpc) is 2.80. The molecule has 2 rings (SSSR count). The number of nitrogens with one attached hydrogen (secondary N) is 1. The van der Waals surface area contributed by atoms with E-state index in [1.807, 2.05) is 0 Å². The minimum Gasteiger partial charge on any atom is -0.385 e. The van der Waals surface area contributed by atoms with Crippen molar-refractivity contribution in [2.24, 2.45) is 5.92 Å². The number of tetrazole rings is 1. The van der Waals surface area contributed by atoms with Gasteiger partial charge in [-0.25, -0.2) is 5.10 Å². The molecule has 0 radical (unpaired) electrons. The van der Waals surface area contributed by atoms with Crippen LogP contribution in [0.3, 0.4) is 0 Å². The second-order valence-corrected chi connectivity index (χ2v) is 3.68. The summed E-state index contributed by atoms with van der Waals surface area (Å²) in [5, 5.41) is 22.6. The van der Waals surface area contributed by atoms with Gasteiger partial charge in [0.2, 0.25) is 0 Å². The van der Waals surface area contributed by atoms with Gasteiger partial charge in [0.1, 0.15) is 6.10 Å². The van der Waals surface area contributed by atoms with Crippen molar-refractivity contribution >= 4 is 0 Å². The molecule has 1 aromatic heterocycles. The van der Waals surface area contributed by atoms with Crippen LogP contribution in [0.4, 0.5) is 0 Å². The van der Waals surface area contributed by atoms with E-state index in [0.717, 1.165) is 18.8 Å². The third-order valence-electron chi connectivity index (χ3n) is 2.46. The fourth-order valence-corrected chi connectivity index (χ4v) is 1.45. The highest BCUT2D eigenvalue weighted by Gasteiger charge is 2.21. The maximum Gasteiger partial charge on any atom is 0.177 e. The fourth-order valence-electron chi connectivity index (χ4n) is 1.45. The summed E-state index contributed by atoms with van der Waals surface area (Å²) in [6.07, 6.45) is 5.28. The molecule has 2 N–H and O–H groups in total. The summed E-state index contributed by atoms with van der Waals surface area (Å²) in [6, 6.07) is 0. The van der Waals surface area contributed by atoms with E-state index in [2.05, 4.69) is 20.6 Å². The summed E-state index contributed by atoms with van der Waals surface area (Å²) in [4.78, 5) is 0. The lowest BCUT2D eigenvalue weighted by atomic mass is 10.1. The standard InChI is InChI=1S/C8H14N4O/c13-7(8-9-11-12-10-8)3-1-2-6-4-5-6/h6-7,13H,1-5H2,(H,9,10,11,12). The minimum absolute atomic E-state index is 0.482. The smallest absolute Gasteiger partial charge is 0.177 e. The molecule has 1 atom stereocenters. The first-order valence-electron chi connectivity index (χ1n) is 4.78. The Morgan fingerprint density at radius 3 is 3.00 bits per heavy atom. The molecule has 1 saturated carbocycles. The molecule has 0 saturated heterocycles. The van der Waals surface area contributed by atoms with Crippen LogP contribution in [0.5, 0.6) is 0 Å². The van der Waals surface area contributed by atoms with Gasteiger partial charge in [-0.1, -0.05) is 25.7 Å². The number of aromatic nitrogens is 4. The van der Waals surface area contributed by atoms with E-state index < -0.39 is 6.10 Å². The van der Waals surface area contributed by atoms with Gasteiger partial charge in [-0.15, -0.1) is 5.10 Å². The molecule has 1 heterocycles. The topological polar surface area (TPSA) is 74.7 Å². The second kappa shape index (κ2) is 3.83. The molecule has 1 aromatic rings. The Balaban J connectivity index is 1.68. The summed E-state index contributed by atoms with van der Waals surface area (Å²) in [5.74, 6) is 1.41. The number of hydrogen-bond donors (Lipinski definition) is 2. The molecular weight excluding hydrogens is 168 g/mol. The van der Waals surface area contributed by atoms with Crippen LogP contribution in [0, 0.1) is 5.92 Å². The van der Waals surface area contributed by atoms with Crippen molar-refractivity contribution in [1.29, 1.82) is 0 Å². The van der Waals surface area contributed by atoms with Crippen LogP contribution < -0.4 is 0 Å². The molecule has 5 nitrogen and oxygen atoms in total. The van der Waals surface area contributed by atoms with E-state index in [9.17, 15) is 5.11 Å². The Kier molecular flexibility index (Phi) is 2.54. The van der Waals surface area contributed by atoms with Gasteiger partial charge in [-0.2, -0.15) is 0 Å². The monoisotopic (exact) mass is 182 g/mol. The SMILES string of the molecule is OC(CCCC1CC1)c1nnn[nH]1. The molecule has 13 heavy (non-hydrogen) atoms. The van der Waals surface area contributed by atoms with Gasteiger partial charge >= 0.3 is 0 Å². The highest BCUT2D eigenvalue weighted by atomic mass is 16.3. The van der Waals surface area contributed by atoms with E-state index >= 15 is 0 Å². The molecule has 72 valence electrons. The molecule has 0 spiro atoms. The lowest BCUT2D eigenvalue weighted by Crippen LogP contribution is -2.00. The largest absolute Gasteiger partial charge is 0.385 e. The molecule has 1 aliphatic carbocycles. The maximum absolute atomic E-state index is 9.57. The summed E-state index contributed by atoms with van der Waals surface area (Å²) in [6.45, 7) is 0. The van der Waals surface area contributed by atoms with E-state index in [-0.39, 0.29) is 0 Å². The molecular formula is C8H14N4O. The van der Waals surface area contributed by atoms with Crippen LogP contribution in [0.1, 0.15) is 44.0 Å². The minimum atomic E-state index is -0.520. The van der Waals surface area contributed by atoms with Gasteiger partial charge < -0.3 is 5.11 Å². The van der Waals surface area contributed by atoms with Gasteiger partial charge in [0.05, 0.1) is 0 Å². The average molecular weight is 182 g/mol. The predicted molar refractivity (Wildman–Crippen MR) is 45.7 cm³/mol. The summed E-state index contributed by atoms with van der Waals surface area (Å²) < 4.78 is 0. The third kappa shape index (κ3) is 2.48. The summed E-state index contributed by atoms with van der Waals surface area (Å²) >= 11 is 0. The van der Waals surface area contributed by atoms with E-state index in [1.54, 1.807) is 0 Å². The first kappa shape index (κ1) is 8.62. The van der Waals surface area contributed by atoms with Gasteiger partial charge in [0.25, 0.3) is 0 Å². The number of aromatic amines is 1. The Hall–Kier alpha value is -0.970. The number of nitrogens with zero attached hydrogens (tertiary/aromatic N) is 3. The van der Waals surface area contributed by atoms with Crippen molar-refractivity contribution in [3.63, 3.8) is 0 Å². The molecule has 1 unspecified atom stereocenters. The lowest BCUT2D eigenvalue weighted by Gasteiger charge is -2.04. The quantitative estimate of drug-likeness (QED) is 0.706. The molecule has 0 aliphatic heterocycles. The number of rotatable bonds is 5. The van der Waals surface area contributed by atoms with Gasteiger partial charge in [0, 0.05) is 0 Å². The summed E-state index contributed by atoms with van der Waals surface area (Å²) in [5.41, 5.74) is 0. The maximum atomic E-state index is 9.57. The Bertz CT molecular complexity index is 245. The van der Waals surface area contributed by atoms with E-state index in [1.165, 1.54) is 19.3 Å². The molecule has 0 amide bonds. The van der Waals surface area contributed by atoms with Crippen LogP contribution in [-0.4, -0.2) is 25.7 Å². The normalized spacial score (nSPS) is 18.8. The first-order valence-corrected chi connectivity index (χ1v) is 4.78. The van der Waals surface area contributed by atoms with Crippen molar-refractivity contribution in [2.75, 3.05) is 0 Å². The predicted octanol–water partition coefficient (Wildman–Crippen LogP) is 0.813. The van der Waals surface area contributed by atoms with Crippen molar-refractivity contribution in [3.05, 3.63) is 5.82 Å². The van der Waals surface area contributed by atoms with E-state index in [4.69, 9.17) is 0 Å². The van der Waals surface area contributed by atoms with Crippen molar-refractivity contribution in [2.45, 2.75) is 38.2 Å². The van der Waals surface area contributed by atoms with Crippen LogP contribution in [-0.2, 0) is 0 Å². The Labute approximate surface area is 76.5 Å². The molecule has 1 aliphatic rings. The van der Waals surface area contributed by atoms with Gasteiger partial charge in [0.15, 0.2) is 5.82 Å². The zero-order valence-electron chi connectivity index (χ0n) is 7.48. The van der Waals surface area contributed by atoms with Crippen molar-refractivity contribution in [3.8, 4) is 0 Å². The fraction of sp³-hybridized carbons (Fsp3) is 0.875. The number of aliphatic hydroxyl groups is 1. The molecule has 1 fully saturated rings. The Morgan fingerprint density at radius 2 is 2.38 bits per heavy atom. The third-order valence-corrected chi connectivity index (χ3v) is 2.46. The van der Waals surface area contributed by atoms with Gasteiger partial charge in [-0.3, -0.25) is 0 Å². The molecule has 0 bridgehead atoms. The number of aliphatic hydroxyl groups excluding tert-OH is 1. The highest BCUT2D eigenvalue weighted by Crippen LogP contribution is 2.34. The Morgan fingerprint density at radius 1 is 1.54 bits per heavy atom.